The van der Waals surface area contributed by atoms with Crippen LogP contribution in [0.3, 0.4) is 0 Å². The molecule has 0 fully saturated rings. The highest BCUT2D eigenvalue weighted by atomic mass is 32.2. The van der Waals surface area contributed by atoms with Gasteiger partial charge in [0.25, 0.3) is 0 Å². The zero-order valence-electron chi connectivity index (χ0n) is 9.09. The van der Waals surface area contributed by atoms with Crippen molar-refractivity contribution in [3.05, 3.63) is 0 Å². The molecule has 0 bridgehead atoms. The zero-order valence-corrected chi connectivity index (χ0v) is 9.90. The van der Waals surface area contributed by atoms with E-state index in [1.54, 1.807) is 34.9 Å². The van der Waals surface area contributed by atoms with Gasteiger partial charge in [-0.25, -0.2) is 12.7 Å². The van der Waals surface area contributed by atoms with Crippen LogP contribution < -0.4 is 5.32 Å². The molecule has 0 aliphatic heterocycles. The summed E-state index contributed by atoms with van der Waals surface area (Å²) in [6.07, 6.45) is 0. The number of likely N-dealkylation sites (N-methyl/N-ethyl adjacent to an activating group) is 2. The van der Waals surface area contributed by atoms with Crippen LogP contribution in [0.1, 0.15) is 20.8 Å². The Balaban J connectivity index is 4.48. The van der Waals surface area contributed by atoms with E-state index < -0.39 is 14.8 Å². The fraction of sp³-hybridized carbons (Fsp3) is 1.00. The van der Waals surface area contributed by atoms with Crippen molar-refractivity contribution >= 4 is 10.0 Å². The SMILES string of the molecule is CNCCN(C)S(=O)(=O)C(C)(C)C. The van der Waals surface area contributed by atoms with Gasteiger partial charge < -0.3 is 5.32 Å². The lowest BCUT2D eigenvalue weighted by atomic mass is 10.3. The van der Waals surface area contributed by atoms with Crippen LogP contribution in [-0.4, -0.2) is 44.7 Å². The minimum Gasteiger partial charge on any atom is -0.318 e. The lowest BCUT2D eigenvalue weighted by molar-refractivity contribution is 0.442. The van der Waals surface area contributed by atoms with E-state index in [1.807, 2.05) is 0 Å². The van der Waals surface area contributed by atoms with Crippen molar-refractivity contribution < 1.29 is 8.42 Å². The van der Waals surface area contributed by atoms with E-state index in [-0.39, 0.29) is 0 Å². The average Bonchev–Trinajstić information content (AvgIpc) is 1.97. The van der Waals surface area contributed by atoms with Crippen LogP contribution >= 0.6 is 0 Å². The second-order valence-electron chi connectivity index (χ2n) is 4.04. The average molecular weight is 208 g/mol. The summed E-state index contributed by atoms with van der Waals surface area (Å²) in [4.78, 5) is 0. The zero-order chi connectivity index (χ0) is 10.7. The Morgan fingerprint density at radius 3 is 2.08 bits per heavy atom. The van der Waals surface area contributed by atoms with Gasteiger partial charge in [0.15, 0.2) is 0 Å². The van der Waals surface area contributed by atoms with Gasteiger partial charge in [0, 0.05) is 20.1 Å². The number of hydrogen-bond donors (Lipinski definition) is 1. The summed E-state index contributed by atoms with van der Waals surface area (Å²) in [5.74, 6) is 0. The van der Waals surface area contributed by atoms with Crippen molar-refractivity contribution in [2.24, 2.45) is 0 Å². The first-order valence-corrected chi connectivity index (χ1v) is 5.78. The molecule has 0 aromatic rings. The Morgan fingerprint density at radius 2 is 1.77 bits per heavy atom. The molecule has 0 radical (unpaired) electrons. The van der Waals surface area contributed by atoms with Crippen molar-refractivity contribution in [1.82, 2.24) is 9.62 Å². The van der Waals surface area contributed by atoms with Gasteiger partial charge in [0.2, 0.25) is 10.0 Å². The lowest BCUT2D eigenvalue weighted by Crippen LogP contribution is -2.43. The van der Waals surface area contributed by atoms with Crippen LogP contribution in [-0.2, 0) is 10.0 Å². The maximum absolute atomic E-state index is 11.8. The summed E-state index contributed by atoms with van der Waals surface area (Å²) in [6.45, 7) is 6.30. The van der Waals surface area contributed by atoms with E-state index in [9.17, 15) is 8.42 Å². The molecule has 0 amide bonds. The summed E-state index contributed by atoms with van der Waals surface area (Å²) >= 11 is 0. The third-order valence-electron chi connectivity index (χ3n) is 1.86. The second kappa shape index (κ2) is 4.39. The maximum Gasteiger partial charge on any atom is 0.218 e. The maximum atomic E-state index is 11.8. The van der Waals surface area contributed by atoms with Gasteiger partial charge in [-0.3, -0.25) is 0 Å². The van der Waals surface area contributed by atoms with Crippen molar-refractivity contribution in [3.63, 3.8) is 0 Å². The minimum absolute atomic E-state index is 0.510. The molecular formula is C8H20N2O2S. The minimum atomic E-state index is -3.16. The first-order chi connectivity index (χ1) is 5.73. The number of rotatable bonds is 4. The third kappa shape index (κ3) is 3.25. The van der Waals surface area contributed by atoms with Crippen molar-refractivity contribution in [3.8, 4) is 0 Å². The highest BCUT2D eigenvalue weighted by Gasteiger charge is 2.32. The molecule has 0 saturated heterocycles. The first kappa shape index (κ1) is 12.9. The van der Waals surface area contributed by atoms with Crippen LogP contribution in [0.15, 0.2) is 0 Å². The van der Waals surface area contributed by atoms with Gasteiger partial charge in [-0.05, 0) is 27.8 Å². The van der Waals surface area contributed by atoms with Gasteiger partial charge in [0.1, 0.15) is 0 Å². The molecule has 80 valence electrons. The lowest BCUT2D eigenvalue weighted by Gasteiger charge is -2.26. The first-order valence-electron chi connectivity index (χ1n) is 4.34. The molecule has 0 rings (SSSR count). The van der Waals surface area contributed by atoms with Crippen molar-refractivity contribution in [1.29, 1.82) is 0 Å². The molecule has 4 nitrogen and oxygen atoms in total. The molecule has 5 heteroatoms. The largest absolute Gasteiger partial charge is 0.318 e. The molecule has 0 heterocycles. The summed E-state index contributed by atoms with van der Waals surface area (Å²) < 4.78 is 24.2. The molecule has 0 aliphatic carbocycles. The van der Waals surface area contributed by atoms with Crippen LogP contribution in [0, 0.1) is 0 Å². The summed E-state index contributed by atoms with van der Waals surface area (Å²) in [7, 11) is 0.257. The Labute approximate surface area is 81.4 Å². The van der Waals surface area contributed by atoms with Crippen molar-refractivity contribution in [2.45, 2.75) is 25.5 Å². The number of nitrogens with one attached hydrogen (secondary N) is 1. The normalized spacial score (nSPS) is 13.7. The Bertz CT molecular complexity index is 241. The predicted molar refractivity (Wildman–Crippen MR) is 55.2 cm³/mol. The standard InChI is InChI=1S/C8H20N2O2S/c1-8(2,3)13(11,12)10(5)7-6-9-4/h9H,6-7H2,1-5H3. The fourth-order valence-electron chi connectivity index (χ4n) is 0.857. The van der Waals surface area contributed by atoms with E-state index in [2.05, 4.69) is 5.32 Å². The Hall–Kier alpha value is -0.130. The van der Waals surface area contributed by atoms with E-state index in [0.717, 1.165) is 0 Å². The topological polar surface area (TPSA) is 49.4 Å². The summed E-state index contributed by atoms with van der Waals surface area (Å²) in [5, 5.41) is 2.92. The van der Waals surface area contributed by atoms with E-state index in [4.69, 9.17) is 0 Å². The smallest absolute Gasteiger partial charge is 0.218 e. The number of sulfonamides is 1. The summed E-state index contributed by atoms with van der Waals surface area (Å²) in [6, 6.07) is 0. The third-order valence-corrected chi connectivity index (χ3v) is 4.41. The second-order valence-corrected chi connectivity index (χ2v) is 6.84. The quantitative estimate of drug-likeness (QED) is 0.721. The van der Waals surface area contributed by atoms with E-state index in [1.165, 1.54) is 4.31 Å². The molecule has 0 spiro atoms. The number of hydrogen-bond acceptors (Lipinski definition) is 3. The highest BCUT2D eigenvalue weighted by molar-refractivity contribution is 7.90. The van der Waals surface area contributed by atoms with E-state index >= 15 is 0 Å². The van der Waals surface area contributed by atoms with E-state index in [0.29, 0.717) is 13.1 Å². The monoisotopic (exact) mass is 208 g/mol. The molecule has 0 saturated carbocycles. The van der Waals surface area contributed by atoms with Gasteiger partial charge in [-0.1, -0.05) is 0 Å². The van der Waals surface area contributed by atoms with Gasteiger partial charge >= 0.3 is 0 Å². The molecule has 1 N–H and O–H groups in total. The molecule has 0 unspecified atom stereocenters. The number of nitrogens with zero attached hydrogens (tertiary/aromatic N) is 1. The highest BCUT2D eigenvalue weighted by Crippen LogP contribution is 2.17. The van der Waals surface area contributed by atoms with Crippen LogP contribution in [0.5, 0.6) is 0 Å². The van der Waals surface area contributed by atoms with Crippen LogP contribution in [0.2, 0.25) is 0 Å². The Morgan fingerprint density at radius 1 is 1.31 bits per heavy atom. The molecule has 13 heavy (non-hydrogen) atoms. The Kier molecular flexibility index (Phi) is 4.35. The molecule has 0 atom stereocenters. The molecule has 0 aromatic carbocycles. The van der Waals surface area contributed by atoms with Gasteiger partial charge in [0.05, 0.1) is 4.75 Å². The predicted octanol–water partition coefficient (Wildman–Crippen LogP) is 0.266. The molecule has 0 aliphatic rings. The van der Waals surface area contributed by atoms with Gasteiger partial charge in [-0.2, -0.15) is 0 Å². The molecular weight excluding hydrogens is 188 g/mol. The van der Waals surface area contributed by atoms with Gasteiger partial charge in [-0.15, -0.1) is 0 Å². The summed E-state index contributed by atoms with van der Waals surface area (Å²) in [5.41, 5.74) is 0. The fourth-order valence-corrected chi connectivity index (χ4v) is 2.12. The van der Waals surface area contributed by atoms with Crippen LogP contribution in [0.4, 0.5) is 0 Å². The van der Waals surface area contributed by atoms with Crippen LogP contribution in [0.25, 0.3) is 0 Å². The molecule has 0 aromatic heterocycles. The van der Waals surface area contributed by atoms with Crippen molar-refractivity contribution in [2.75, 3.05) is 27.2 Å².